The molecule has 0 bridgehead atoms. The average Bonchev–Trinajstić information content (AvgIpc) is 3.39. The number of thiazole rings is 1. The Bertz CT molecular complexity index is 1610. The van der Waals surface area contributed by atoms with Gasteiger partial charge in [-0.05, 0) is 42.7 Å². The van der Waals surface area contributed by atoms with Gasteiger partial charge < -0.3 is 4.57 Å². The third-order valence-electron chi connectivity index (χ3n) is 6.85. The van der Waals surface area contributed by atoms with Crippen LogP contribution in [0.2, 0.25) is 0 Å². The van der Waals surface area contributed by atoms with Crippen molar-refractivity contribution in [3.63, 3.8) is 0 Å². The van der Waals surface area contributed by atoms with Gasteiger partial charge in [0, 0.05) is 24.0 Å². The first-order chi connectivity index (χ1) is 17.0. The van der Waals surface area contributed by atoms with Crippen LogP contribution in [-0.2, 0) is 7.05 Å². The number of para-hydroxylation sites is 1. The van der Waals surface area contributed by atoms with Gasteiger partial charge in [0.2, 0.25) is 0 Å². The van der Waals surface area contributed by atoms with Crippen LogP contribution in [0.15, 0.2) is 88.0 Å². The van der Waals surface area contributed by atoms with Crippen LogP contribution in [0.4, 0.5) is 5.69 Å². The van der Waals surface area contributed by atoms with Gasteiger partial charge in [0.1, 0.15) is 0 Å². The zero-order valence-corrected chi connectivity index (χ0v) is 21.4. The number of benzene rings is 3. The fourth-order valence-electron chi connectivity index (χ4n) is 4.83. The minimum atomic E-state index is -0.104. The number of nitrogens with zero attached hydrogens (tertiary/aromatic N) is 4. The number of fused-ring (bicyclic) bond motifs is 1. The maximum Gasteiger partial charge on any atom is 0.297 e. The predicted molar refractivity (Wildman–Crippen MR) is 146 cm³/mol. The first-order valence-electron chi connectivity index (χ1n) is 12.1. The normalized spacial score (nSPS) is 12.2. The summed E-state index contributed by atoms with van der Waals surface area (Å²) in [6.45, 7) is 6.39. The van der Waals surface area contributed by atoms with Crippen molar-refractivity contribution in [2.75, 3.05) is 0 Å². The molecule has 6 heteroatoms. The maximum absolute atomic E-state index is 13.5. The molecule has 0 aliphatic carbocycles. The first kappa shape index (κ1) is 23.1. The van der Waals surface area contributed by atoms with E-state index in [0.29, 0.717) is 5.69 Å². The Morgan fingerprint density at radius 1 is 0.914 bits per heavy atom. The standard InChI is InChI=1S/C29H30N4OS/c1-5-22(6-2)32-26(25-18-12-14-21-13-10-11-17-24(21)25)19-35-29(32)30-27-20(3)31(4)33(28(27)34)23-15-8-7-9-16-23/h7-19,22H,5-6H2,1-4H3. The number of rotatable bonds is 6. The largest absolute Gasteiger partial charge is 0.313 e. The summed E-state index contributed by atoms with van der Waals surface area (Å²) in [7, 11) is 1.91. The molecule has 5 rings (SSSR count). The Labute approximate surface area is 209 Å². The molecule has 0 spiro atoms. The molecule has 0 aliphatic heterocycles. The second kappa shape index (κ2) is 9.55. The molecule has 0 saturated carbocycles. The van der Waals surface area contributed by atoms with Gasteiger partial charge in [0.25, 0.3) is 5.56 Å². The summed E-state index contributed by atoms with van der Waals surface area (Å²) < 4.78 is 5.91. The molecular formula is C29H30N4OS. The Morgan fingerprint density at radius 3 is 2.34 bits per heavy atom. The highest BCUT2D eigenvalue weighted by Gasteiger charge is 2.19. The Hall–Kier alpha value is -3.64. The van der Waals surface area contributed by atoms with E-state index in [1.807, 2.05) is 49.0 Å². The lowest BCUT2D eigenvalue weighted by Gasteiger charge is -2.19. The number of aromatic nitrogens is 3. The number of hydrogen-bond donors (Lipinski definition) is 0. The highest BCUT2D eigenvalue weighted by Crippen LogP contribution is 2.32. The van der Waals surface area contributed by atoms with E-state index in [1.165, 1.54) is 16.3 Å². The minimum absolute atomic E-state index is 0.104. The summed E-state index contributed by atoms with van der Waals surface area (Å²) in [5, 5.41) is 4.63. The van der Waals surface area contributed by atoms with Crippen LogP contribution in [0.1, 0.15) is 38.4 Å². The second-order valence-electron chi connectivity index (χ2n) is 8.79. The van der Waals surface area contributed by atoms with Crippen LogP contribution in [-0.4, -0.2) is 13.9 Å². The van der Waals surface area contributed by atoms with Crippen LogP contribution < -0.4 is 10.4 Å². The summed E-state index contributed by atoms with van der Waals surface area (Å²) in [4.78, 5) is 19.4. The molecule has 0 N–H and O–H groups in total. The van der Waals surface area contributed by atoms with Crippen LogP contribution in [0.3, 0.4) is 0 Å². The molecule has 0 atom stereocenters. The topological polar surface area (TPSA) is 44.2 Å². The minimum Gasteiger partial charge on any atom is -0.313 e. The molecular weight excluding hydrogens is 452 g/mol. The molecule has 35 heavy (non-hydrogen) atoms. The van der Waals surface area contributed by atoms with Gasteiger partial charge >= 0.3 is 0 Å². The van der Waals surface area contributed by atoms with E-state index in [1.54, 1.807) is 16.0 Å². The van der Waals surface area contributed by atoms with Crippen LogP contribution >= 0.6 is 11.3 Å². The van der Waals surface area contributed by atoms with E-state index in [4.69, 9.17) is 4.99 Å². The molecule has 5 aromatic rings. The summed E-state index contributed by atoms with van der Waals surface area (Å²) in [5.41, 5.74) is 4.40. The molecule has 3 aromatic carbocycles. The smallest absolute Gasteiger partial charge is 0.297 e. The van der Waals surface area contributed by atoms with Crippen molar-refractivity contribution in [3.05, 3.63) is 99.0 Å². The summed E-state index contributed by atoms with van der Waals surface area (Å²) >= 11 is 1.60. The van der Waals surface area contributed by atoms with Gasteiger partial charge in [-0.2, -0.15) is 0 Å². The van der Waals surface area contributed by atoms with Crippen molar-refractivity contribution in [2.24, 2.45) is 12.0 Å². The predicted octanol–water partition coefficient (Wildman–Crippen LogP) is 6.76. The fraction of sp³-hybridized carbons (Fsp3) is 0.241. The highest BCUT2D eigenvalue weighted by atomic mass is 32.1. The van der Waals surface area contributed by atoms with Gasteiger partial charge in [-0.15, -0.1) is 11.3 Å². The van der Waals surface area contributed by atoms with E-state index >= 15 is 0 Å². The van der Waals surface area contributed by atoms with Crippen molar-refractivity contribution in [1.29, 1.82) is 0 Å². The molecule has 2 aromatic heterocycles. The fourth-order valence-corrected chi connectivity index (χ4v) is 5.80. The molecule has 0 amide bonds. The van der Waals surface area contributed by atoms with Gasteiger partial charge in [0.15, 0.2) is 10.5 Å². The Kier molecular flexibility index (Phi) is 6.31. The van der Waals surface area contributed by atoms with Crippen molar-refractivity contribution < 1.29 is 0 Å². The SMILES string of the molecule is CCC(CC)n1c(-c2cccc3ccccc23)csc1=Nc1c(C)n(C)n(-c2ccccc2)c1=O. The summed E-state index contributed by atoms with van der Waals surface area (Å²) in [6.07, 6.45) is 1.97. The highest BCUT2D eigenvalue weighted by molar-refractivity contribution is 7.07. The van der Waals surface area contributed by atoms with E-state index in [0.717, 1.165) is 34.7 Å². The second-order valence-corrected chi connectivity index (χ2v) is 9.63. The first-order valence-corrected chi connectivity index (χ1v) is 13.0. The van der Waals surface area contributed by atoms with Crippen molar-refractivity contribution in [3.8, 4) is 16.9 Å². The van der Waals surface area contributed by atoms with E-state index in [2.05, 4.69) is 66.3 Å². The van der Waals surface area contributed by atoms with Crippen LogP contribution in [0.5, 0.6) is 0 Å². The van der Waals surface area contributed by atoms with Crippen molar-refractivity contribution in [1.82, 2.24) is 13.9 Å². The third-order valence-corrected chi connectivity index (χ3v) is 7.69. The van der Waals surface area contributed by atoms with Gasteiger partial charge in [-0.1, -0.05) is 74.5 Å². The molecule has 0 fully saturated rings. The molecule has 0 radical (unpaired) electrons. The summed E-state index contributed by atoms with van der Waals surface area (Å²) in [6, 6.07) is 24.9. The molecule has 178 valence electrons. The average molecular weight is 483 g/mol. The third kappa shape index (κ3) is 3.98. The molecule has 0 saturated heterocycles. The van der Waals surface area contributed by atoms with Crippen LogP contribution in [0, 0.1) is 6.92 Å². The quantitative estimate of drug-likeness (QED) is 0.264. The molecule has 2 heterocycles. The molecule has 0 aliphatic rings. The van der Waals surface area contributed by atoms with Crippen molar-refractivity contribution in [2.45, 2.75) is 39.7 Å². The van der Waals surface area contributed by atoms with Gasteiger partial charge in [0.05, 0.1) is 17.1 Å². The zero-order valence-electron chi connectivity index (χ0n) is 20.6. The molecule has 5 nitrogen and oxygen atoms in total. The van der Waals surface area contributed by atoms with E-state index in [9.17, 15) is 4.79 Å². The molecule has 0 unspecified atom stereocenters. The number of hydrogen-bond acceptors (Lipinski definition) is 3. The van der Waals surface area contributed by atoms with Gasteiger partial charge in [-0.25, -0.2) is 9.67 Å². The lowest BCUT2D eigenvalue weighted by atomic mass is 10.0. The van der Waals surface area contributed by atoms with E-state index in [-0.39, 0.29) is 11.6 Å². The summed E-state index contributed by atoms with van der Waals surface area (Å²) in [5.74, 6) is 0. The lowest BCUT2D eigenvalue weighted by Crippen LogP contribution is -2.22. The Balaban J connectivity index is 1.76. The van der Waals surface area contributed by atoms with E-state index < -0.39 is 0 Å². The lowest BCUT2D eigenvalue weighted by molar-refractivity contribution is 0.467. The van der Waals surface area contributed by atoms with Crippen LogP contribution in [0.25, 0.3) is 27.7 Å². The van der Waals surface area contributed by atoms with Crippen molar-refractivity contribution >= 4 is 27.8 Å². The van der Waals surface area contributed by atoms with Gasteiger partial charge in [-0.3, -0.25) is 9.48 Å². The monoisotopic (exact) mass is 482 g/mol. The Morgan fingerprint density at radius 2 is 1.60 bits per heavy atom. The maximum atomic E-state index is 13.5. The zero-order chi connectivity index (χ0) is 24.5.